The molecule has 1 saturated carbocycles. The number of imide groups is 1. The van der Waals surface area contributed by atoms with Crippen molar-refractivity contribution in [2.45, 2.75) is 69.3 Å². The van der Waals surface area contributed by atoms with Crippen molar-refractivity contribution >= 4 is 19.8 Å². The van der Waals surface area contributed by atoms with Gasteiger partial charge < -0.3 is 30.4 Å². The highest BCUT2D eigenvalue weighted by Gasteiger charge is 2.51. The maximum absolute atomic E-state index is 12.4. The lowest BCUT2D eigenvalue weighted by Gasteiger charge is -2.55. The van der Waals surface area contributed by atoms with E-state index in [1.807, 2.05) is 0 Å². The number of nitrogens with zero attached hydrogens (tertiary/aromatic N) is 1. The molecule has 0 aromatic carbocycles. The summed E-state index contributed by atoms with van der Waals surface area (Å²) >= 11 is 0. The van der Waals surface area contributed by atoms with Gasteiger partial charge in [-0.25, -0.2) is 9.36 Å². The second-order valence-electron chi connectivity index (χ2n) is 8.76. The molecule has 2 saturated heterocycles. The van der Waals surface area contributed by atoms with Crippen LogP contribution in [-0.4, -0.2) is 97.7 Å². The second kappa shape index (κ2) is 9.38. The van der Waals surface area contributed by atoms with Crippen LogP contribution in [0.2, 0.25) is 0 Å². The summed E-state index contributed by atoms with van der Waals surface area (Å²) < 4.78 is 15.0. The van der Waals surface area contributed by atoms with E-state index in [1.54, 1.807) is 4.90 Å². The Bertz CT molecular complexity index is 736. The van der Waals surface area contributed by atoms with Crippen LogP contribution in [0.1, 0.15) is 26.7 Å². The highest BCUT2D eigenvalue weighted by molar-refractivity contribution is 7.46. The topological polar surface area (TPSA) is 201 Å². The number of hydrogen-bond donors (Lipinski definition) is 8. The molecule has 3 amide bonds. The highest BCUT2D eigenvalue weighted by Crippen LogP contribution is 2.37. The Morgan fingerprint density at radius 3 is 2.42 bits per heavy atom. The Balaban J connectivity index is 1.77. The van der Waals surface area contributed by atoms with Crippen molar-refractivity contribution in [3.63, 3.8) is 0 Å². The van der Waals surface area contributed by atoms with Crippen LogP contribution in [0.3, 0.4) is 0 Å². The largest absolute Gasteiger partial charge is 0.469 e. The molecule has 8 N–H and O–H groups in total. The van der Waals surface area contributed by atoms with Gasteiger partial charge in [0, 0.05) is 18.6 Å². The lowest BCUT2D eigenvalue weighted by Crippen LogP contribution is -2.79. The summed E-state index contributed by atoms with van der Waals surface area (Å²) in [7, 11) is -4.85. The van der Waals surface area contributed by atoms with Crippen LogP contribution in [0.5, 0.6) is 0 Å². The van der Waals surface area contributed by atoms with E-state index in [2.05, 4.69) is 34.3 Å². The Labute approximate surface area is 179 Å². The third kappa shape index (κ3) is 5.62. The van der Waals surface area contributed by atoms with Crippen molar-refractivity contribution in [3.8, 4) is 0 Å². The normalized spacial score (nSPS) is 37.1. The lowest BCUT2D eigenvalue weighted by molar-refractivity contribution is -0.135. The molecular formula is C17H31N4O9P. The van der Waals surface area contributed by atoms with E-state index in [4.69, 9.17) is 9.79 Å². The summed E-state index contributed by atoms with van der Waals surface area (Å²) in [6.07, 6.45) is -4.33. The molecule has 3 fully saturated rings. The minimum absolute atomic E-state index is 0.0829. The molecule has 13 nitrogen and oxygen atoms in total. The zero-order valence-corrected chi connectivity index (χ0v) is 18.2. The molecule has 3 rings (SSSR count). The average Bonchev–Trinajstić information content (AvgIpc) is 2.67. The van der Waals surface area contributed by atoms with Gasteiger partial charge in [0.25, 0.3) is 0 Å². The van der Waals surface area contributed by atoms with Gasteiger partial charge in [-0.05, 0) is 24.7 Å². The van der Waals surface area contributed by atoms with Gasteiger partial charge in [0.05, 0.1) is 12.7 Å². The van der Waals surface area contributed by atoms with Gasteiger partial charge in [0.1, 0.15) is 24.4 Å². The number of piperazine rings is 1. The number of phosphoric ester groups is 1. The number of carbonyl (C=O) groups excluding carboxylic acids is 2. The van der Waals surface area contributed by atoms with E-state index >= 15 is 0 Å². The van der Waals surface area contributed by atoms with Gasteiger partial charge in [0.15, 0.2) is 0 Å². The maximum atomic E-state index is 12.4. The first-order valence-electron chi connectivity index (χ1n) is 10.2. The molecule has 2 aliphatic heterocycles. The first-order valence-corrected chi connectivity index (χ1v) is 11.8. The zero-order valence-electron chi connectivity index (χ0n) is 17.3. The van der Waals surface area contributed by atoms with Crippen LogP contribution < -0.4 is 16.0 Å². The molecule has 2 heterocycles. The molecule has 9 unspecified atom stereocenters. The third-order valence-electron chi connectivity index (χ3n) is 6.57. The van der Waals surface area contributed by atoms with Crippen molar-refractivity contribution in [1.29, 1.82) is 0 Å². The molecule has 0 radical (unpaired) electrons. The fourth-order valence-corrected chi connectivity index (χ4v) is 5.03. The van der Waals surface area contributed by atoms with Crippen LogP contribution in [0.25, 0.3) is 0 Å². The van der Waals surface area contributed by atoms with Crippen LogP contribution in [0, 0.1) is 11.8 Å². The highest BCUT2D eigenvalue weighted by atomic mass is 31.2. The van der Waals surface area contributed by atoms with Gasteiger partial charge in [-0.1, -0.05) is 13.8 Å². The standard InChI is InChI=1S/C17H31N4O9P/c1-7-3-9-10(4-8(7)2)21(15-13(18-9)16(25)20-17(26)19-15)5-11(22)14(24)12(23)6-30-31(27,28)29/h7-15,18,22-24H,3-6H2,1-2H3,(H2,27,28,29)(H2,19,20,25,26). The van der Waals surface area contributed by atoms with Crippen LogP contribution in [0.15, 0.2) is 0 Å². The summed E-state index contributed by atoms with van der Waals surface area (Å²) in [6.45, 7) is 3.16. The summed E-state index contributed by atoms with van der Waals surface area (Å²) in [4.78, 5) is 43.6. The SMILES string of the molecule is CC1CC2NC3C(=O)NC(=O)NC3N(CC(O)C(O)C(O)COP(=O)(O)O)C2CC1C. The number of aliphatic hydroxyl groups is 3. The third-order valence-corrected chi connectivity index (χ3v) is 7.05. The number of hydrogen-bond acceptors (Lipinski definition) is 9. The number of nitrogens with one attached hydrogen (secondary N) is 3. The van der Waals surface area contributed by atoms with Gasteiger partial charge in [-0.15, -0.1) is 0 Å². The lowest BCUT2D eigenvalue weighted by atomic mass is 9.73. The molecule has 0 aromatic heterocycles. The summed E-state index contributed by atoms with van der Waals surface area (Å²) in [6, 6.07) is -1.66. The molecular weight excluding hydrogens is 435 g/mol. The van der Waals surface area contributed by atoms with E-state index < -0.39 is 56.9 Å². The number of fused-ring (bicyclic) bond motifs is 2. The monoisotopic (exact) mass is 466 g/mol. The Morgan fingerprint density at radius 2 is 1.77 bits per heavy atom. The molecule has 3 aliphatic rings. The molecule has 1 aliphatic carbocycles. The van der Waals surface area contributed by atoms with Crippen molar-refractivity contribution < 1.29 is 43.8 Å². The van der Waals surface area contributed by atoms with Crippen molar-refractivity contribution in [2.24, 2.45) is 11.8 Å². The average molecular weight is 466 g/mol. The minimum Gasteiger partial charge on any atom is -0.389 e. The summed E-state index contributed by atoms with van der Waals surface area (Å²) in [5.41, 5.74) is 0. The van der Waals surface area contributed by atoms with E-state index in [-0.39, 0.29) is 18.6 Å². The number of β-amino-alcohol motifs (C(OH)–C–C–N with tert-alkyl or cyclic N) is 1. The number of carbonyl (C=O) groups is 2. The first-order chi connectivity index (χ1) is 14.4. The maximum Gasteiger partial charge on any atom is 0.469 e. The molecule has 31 heavy (non-hydrogen) atoms. The Kier molecular flexibility index (Phi) is 7.41. The molecule has 9 atom stereocenters. The quantitative estimate of drug-likeness (QED) is 0.183. The number of aliphatic hydroxyl groups excluding tert-OH is 3. The summed E-state index contributed by atoms with van der Waals surface area (Å²) in [5, 5.41) is 39.0. The number of phosphoric acid groups is 1. The van der Waals surface area contributed by atoms with Crippen LogP contribution in [-0.2, 0) is 13.9 Å². The predicted octanol–water partition coefficient (Wildman–Crippen LogP) is -2.58. The van der Waals surface area contributed by atoms with E-state index in [0.29, 0.717) is 11.8 Å². The van der Waals surface area contributed by atoms with Crippen LogP contribution in [0.4, 0.5) is 4.79 Å². The van der Waals surface area contributed by atoms with Gasteiger partial charge >= 0.3 is 13.9 Å². The summed E-state index contributed by atoms with van der Waals surface area (Å²) in [5.74, 6) is 0.253. The number of urea groups is 1. The fraction of sp³-hybridized carbons (Fsp3) is 0.882. The van der Waals surface area contributed by atoms with Crippen molar-refractivity contribution in [2.75, 3.05) is 13.2 Å². The van der Waals surface area contributed by atoms with Crippen molar-refractivity contribution in [1.82, 2.24) is 20.9 Å². The molecule has 178 valence electrons. The van der Waals surface area contributed by atoms with Gasteiger partial charge in [-0.3, -0.25) is 24.9 Å². The Morgan fingerprint density at radius 1 is 1.13 bits per heavy atom. The van der Waals surface area contributed by atoms with E-state index in [0.717, 1.165) is 12.8 Å². The number of amides is 3. The predicted molar refractivity (Wildman–Crippen MR) is 105 cm³/mol. The molecule has 0 aromatic rings. The van der Waals surface area contributed by atoms with E-state index in [1.165, 1.54) is 0 Å². The minimum atomic E-state index is -4.85. The molecule has 0 bridgehead atoms. The zero-order chi connectivity index (χ0) is 23.1. The second-order valence-corrected chi connectivity index (χ2v) is 10.00. The smallest absolute Gasteiger partial charge is 0.389 e. The first kappa shape index (κ1) is 24.5. The van der Waals surface area contributed by atoms with Crippen molar-refractivity contribution in [3.05, 3.63) is 0 Å². The van der Waals surface area contributed by atoms with Crippen LogP contribution >= 0.6 is 7.82 Å². The molecule has 0 spiro atoms. The number of rotatable bonds is 7. The van der Waals surface area contributed by atoms with Gasteiger partial charge in [-0.2, -0.15) is 0 Å². The molecule has 14 heteroatoms. The van der Waals surface area contributed by atoms with Gasteiger partial charge in [0.2, 0.25) is 5.91 Å². The van der Waals surface area contributed by atoms with E-state index in [9.17, 15) is 29.5 Å². The Hall–Kier alpha value is -1.15. The fourth-order valence-electron chi connectivity index (χ4n) is 4.68.